The number of halogens is 3. The molecule has 2 aromatic rings. The second-order valence-electron chi connectivity index (χ2n) is 5.21. The maximum atomic E-state index is 13.4. The van der Waals surface area contributed by atoms with Crippen molar-refractivity contribution in [1.82, 2.24) is 15.1 Å². The first kappa shape index (κ1) is 15.6. The number of benzene rings is 1. The first-order chi connectivity index (χ1) is 9.75. The van der Waals surface area contributed by atoms with E-state index < -0.39 is 11.9 Å². The number of aromatic nitrogens is 2. The van der Waals surface area contributed by atoms with Gasteiger partial charge < -0.3 is 5.32 Å². The molecule has 0 spiro atoms. The van der Waals surface area contributed by atoms with E-state index in [4.69, 9.17) is 0 Å². The van der Waals surface area contributed by atoms with Gasteiger partial charge in [-0.25, -0.2) is 4.68 Å². The van der Waals surface area contributed by atoms with Gasteiger partial charge in [0.25, 0.3) is 0 Å². The van der Waals surface area contributed by atoms with E-state index >= 15 is 0 Å². The molecule has 0 saturated carbocycles. The lowest BCUT2D eigenvalue weighted by molar-refractivity contribution is -0.143. The lowest BCUT2D eigenvalue weighted by atomic mass is 10.0. The second kappa shape index (κ2) is 5.52. The summed E-state index contributed by atoms with van der Waals surface area (Å²) in [6.45, 7) is 5.65. The Morgan fingerprint density at radius 1 is 1.14 bits per heavy atom. The predicted molar refractivity (Wildman–Crippen MR) is 75.5 cm³/mol. The number of alkyl halides is 3. The maximum Gasteiger partial charge on any atom is 0.433 e. The van der Waals surface area contributed by atoms with E-state index in [1.54, 1.807) is 20.9 Å². The molecule has 0 unspecified atom stereocenters. The summed E-state index contributed by atoms with van der Waals surface area (Å²) in [5.74, 6) is 0. The molecule has 1 N–H and O–H groups in total. The van der Waals surface area contributed by atoms with Crippen LogP contribution in [0, 0.1) is 20.8 Å². The minimum atomic E-state index is -4.45. The summed E-state index contributed by atoms with van der Waals surface area (Å²) >= 11 is 0. The van der Waals surface area contributed by atoms with Crippen molar-refractivity contribution in [3.8, 4) is 5.69 Å². The first-order valence-corrected chi connectivity index (χ1v) is 6.62. The third kappa shape index (κ3) is 2.95. The molecule has 0 fully saturated rings. The smallest absolute Gasteiger partial charge is 0.316 e. The molecule has 0 atom stereocenters. The van der Waals surface area contributed by atoms with Crippen molar-refractivity contribution in [1.29, 1.82) is 0 Å². The standard InChI is InChI=1S/C15H18F3N3/c1-9-5-10(2)13(11(3)6-9)21-14(15(16,17)18)12(7-19-4)8-20-21/h5-6,8,19H,7H2,1-4H3. The van der Waals surface area contributed by atoms with Crippen molar-refractivity contribution < 1.29 is 13.2 Å². The summed E-state index contributed by atoms with van der Waals surface area (Å²) in [5.41, 5.74) is 2.49. The summed E-state index contributed by atoms with van der Waals surface area (Å²) in [6, 6.07) is 3.73. The average Bonchev–Trinajstić information content (AvgIpc) is 2.71. The highest BCUT2D eigenvalue weighted by atomic mass is 19.4. The third-order valence-corrected chi connectivity index (χ3v) is 3.33. The van der Waals surface area contributed by atoms with Crippen LogP contribution >= 0.6 is 0 Å². The van der Waals surface area contributed by atoms with Crippen LogP contribution in [0.1, 0.15) is 27.9 Å². The summed E-state index contributed by atoms with van der Waals surface area (Å²) in [6.07, 6.45) is -3.18. The molecule has 0 saturated heterocycles. The Labute approximate surface area is 121 Å². The van der Waals surface area contributed by atoms with E-state index in [-0.39, 0.29) is 12.1 Å². The van der Waals surface area contributed by atoms with Crippen molar-refractivity contribution in [2.45, 2.75) is 33.5 Å². The minimum Gasteiger partial charge on any atom is -0.316 e. The van der Waals surface area contributed by atoms with Gasteiger partial charge in [-0.15, -0.1) is 0 Å². The summed E-state index contributed by atoms with van der Waals surface area (Å²) in [4.78, 5) is 0. The van der Waals surface area contributed by atoms with Gasteiger partial charge in [0, 0.05) is 12.1 Å². The Bertz CT molecular complexity index is 634. The second-order valence-corrected chi connectivity index (χ2v) is 5.21. The van der Waals surface area contributed by atoms with Crippen molar-refractivity contribution >= 4 is 0 Å². The Morgan fingerprint density at radius 2 is 1.71 bits per heavy atom. The molecule has 0 aliphatic rings. The van der Waals surface area contributed by atoms with Gasteiger partial charge in [-0.2, -0.15) is 18.3 Å². The van der Waals surface area contributed by atoms with E-state index in [2.05, 4.69) is 10.4 Å². The highest BCUT2D eigenvalue weighted by molar-refractivity contribution is 5.50. The van der Waals surface area contributed by atoms with Crippen LogP contribution in [-0.2, 0) is 12.7 Å². The number of nitrogens with zero attached hydrogens (tertiary/aromatic N) is 2. The fourth-order valence-corrected chi connectivity index (χ4v) is 2.68. The largest absolute Gasteiger partial charge is 0.433 e. The Balaban J connectivity index is 2.71. The zero-order chi connectivity index (χ0) is 15.8. The van der Waals surface area contributed by atoms with Gasteiger partial charge >= 0.3 is 6.18 Å². The molecule has 0 amide bonds. The molecule has 3 nitrogen and oxygen atoms in total. The number of hydrogen-bond acceptors (Lipinski definition) is 2. The molecule has 0 bridgehead atoms. The van der Waals surface area contributed by atoms with E-state index in [1.165, 1.54) is 6.20 Å². The van der Waals surface area contributed by atoms with Crippen LogP contribution in [0.3, 0.4) is 0 Å². The van der Waals surface area contributed by atoms with Gasteiger partial charge in [0.1, 0.15) is 0 Å². The van der Waals surface area contributed by atoms with Crippen LogP contribution in [0.5, 0.6) is 0 Å². The average molecular weight is 297 g/mol. The van der Waals surface area contributed by atoms with E-state index in [9.17, 15) is 13.2 Å². The molecule has 6 heteroatoms. The van der Waals surface area contributed by atoms with Crippen LogP contribution in [0.2, 0.25) is 0 Å². The minimum absolute atomic E-state index is 0.124. The molecule has 0 aliphatic carbocycles. The van der Waals surface area contributed by atoms with Crippen LogP contribution in [0.15, 0.2) is 18.3 Å². The molecular weight excluding hydrogens is 279 g/mol. The van der Waals surface area contributed by atoms with Crippen molar-refractivity contribution in [3.05, 3.63) is 46.3 Å². The van der Waals surface area contributed by atoms with Gasteiger partial charge in [0.15, 0.2) is 5.69 Å². The van der Waals surface area contributed by atoms with E-state index in [1.807, 2.05) is 19.1 Å². The Hall–Kier alpha value is -1.82. The van der Waals surface area contributed by atoms with Crippen LogP contribution in [0.25, 0.3) is 5.69 Å². The highest BCUT2D eigenvalue weighted by Crippen LogP contribution is 2.35. The number of rotatable bonds is 3. The van der Waals surface area contributed by atoms with Gasteiger partial charge in [-0.3, -0.25) is 0 Å². The molecule has 1 heterocycles. The molecule has 1 aromatic carbocycles. The molecule has 0 aliphatic heterocycles. The predicted octanol–water partition coefficient (Wildman–Crippen LogP) is 3.54. The van der Waals surface area contributed by atoms with Crippen LogP contribution in [-0.4, -0.2) is 16.8 Å². The third-order valence-electron chi connectivity index (χ3n) is 3.33. The van der Waals surface area contributed by atoms with Crippen molar-refractivity contribution in [2.75, 3.05) is 7.05 Å². The summed E-state index contributed by atoms with van der Waals surface area (Å²) in [7, 11) is 1.61. The van der Waals surface area contributed by atoms with E-state index in [0.29, 0.717) is 5.69 Å². The lowest BCUT2D eigenvalue weighted by Crippen LogP contribution is -2.18. The van der Waals surface area contributed by atoms with Gasteiger partial charge in [-0.1, -0.05) is 17.7 Å². The lowest BCUT2D eigenvalue weighted by Gasteiger charge is -2.17. The summed E-state index contributed by atoms with van der Waals surface area (Å²) < 4.78 is 41.2. The fourth-order valence-electron chi connectivity index (χ4n) is 2.68. The highest BCUT2D eigenvalue weighted by Gasteiger charge is 2.38. The normalized spacial score (nSPS) is 12.0. The Morgan fingerprint density at radius 3 is 2.19 bits per heavy atom. The maximum absolute atomic E-state index is 13.4. The van der Waals surface area contributed by atoms with Gasteiger partial charge in [-0.05, 0) is 38.9 Å². The SMILES string of the molecule is CNCc1cnn(-c2c(C)cc(C)cc2C)c1C(F)(F)F. The van der Waals surface area contributed by atoms with Crippen LogP contribution < -0.4 is 5.32 Å². The number of nitrogens with one attached hydrogen (secondary N) is 1. The van der Waals surface area contributed by atoms with Gasteiger partial charge in [0.05, 0.1) is 11.9 Å². The van der Waals surface area contributed by atoms with E-state index in [0.717, 1.165) is 21.4 Å². The fraction of sp³-hybridized carbons (Fsp3) is 0.400. The van der Waals surface area contributed by atoms with Crippen molar-refractivity contribution in [2.24, 2.45) is 0 Å². The monoisotopic (exact) mass is 297 g/mol. The number of aryl methyl sites for hydroxylation is 3. The van der Waals surface area contributed by atoms with Crippen LogP contribution in [0.4, 0.5) is 13.2 Å². The van der Waals surface area contributed by atoms with Crippen molar-refractivity contribution in [3.63, 3.8) is 0 Å². The number of hydrogen-bond donors (Lipinski definition) is 1. The molecular formula is C15H18F3N3. The zero-order valence-electron chi connectivity index (χ0n) is 12.5. The molecule has 1 aromatic heterocycles. The topological polar surface area (TPSA) is 29.9 Å². The summed E-state index contributed by atoms with van der Waals surface area (Å²) in [5, 5.41) is 6.73. The molecule has 2 rings (SSSR count). The quantitative estimate of drug-likeness (QED) is 0.939. The van der Waals surface area contributed by atoms with Gasteiger partial charge in [0.2, 0.25) is 0 Å². The zero-order valence-corrected chi connectivity index (χ0v) is 12.5. The first-order valence-electron chi connectivity index (χ1n) is 6.62. The molecule has 21 heavy (non-hydrogen) atoms. The Kier molecular flexibility index (Phi) is 4.09. The molecule has 0 radical (unpaired) electrons. The molecule has 114 valence electrons.